The van der Waals surface area contributed by atoms with Crippen LogP contribution in [0.15, 0.2) is 59.6 Å². The predicted octanol–water partition coefficient (Wildman–Crippen LogP) is 1.71. The number of hydrogen-bond donors (Lipinski definition) is 4. The third-order valence-corrected chi connectivity index (χ3v) is 6.16. The van der Waals surface area contributed by atoms with Crippen LogP contribution in [0.4, 0.5) is 0 Å². The van der Waals surface area contributed by atoms with E-state index < -0.39 is 23.8 Å². The number of nitrogens with zero attached hydrogens (tertiary/aromatic N) is 2. The maximum absolute atomic E-state index is 12.9. The smallest absolute Gasteiger partial charge is 0.250 e. The molecule has 2 atom stereocenters. The van der Waals surface area contributed by atoms with Gasteiger partial charge in [0.2, 0.25) is 23.7 Å². The zero-order valence-electron chi connectivity index (χ0n) is 20.6. The molecule has 0 aliphatic rings. The van der Waals surface area contributed by atoms with Crippen molar-refractivity contribution in [1.29, 1.82) is 5.41 Å². The topological polar surface area (TPSA) is 158 Å². The van der Waals surface area contributed by atoms with Gasteiger partial charge in [-0.2, -0.15) is 4.99 Å². The van der Waals surface area contributed by atoms with Crippen LogP contribution in [-0.2, 0) is 14.4 Å². The SMILES string of the molecule is CC(=O)N[C@H](CSC(=O)C(C)c1cccc(C(=O)c2ccccc2)c1)C(=O)N/C(N)=N/C(=N)N(C)C. The zero-order valence-corrected chi connectivity index (χ0v) is 21.4. The van der Waals surface area contributed by atoms with Crippen LogP contribution in [0.2, 0.25) is 0 Å². The van der Waals surface area contributed by atoms with Crippen molar-refractivity contribution < 1.29 is 19.2 Å². The second-order valence-electron chi connectivity index (χ2n) is 8.13. The standard InChI is InChI=1S/C25H30N6O4S/c1-15(18-11-8-12-19(13-18)21(33)17-9-6-5-7-10-17)23(35)36-14-20(28-16(2)32)22(34)29-24(26)30-25(27)31(3)4/h5-13,15,20H,14H2,1-4H3,(H,28,32)(H4,26,27,29,30,34)/t15?,20-/m1/s1. The quantitative estimate of drug-likeness (QED) is 0.239. The number of benzene rings is 2. The second-order valence-corrected chi connectivity index (χ2v) is 9.15. The molecule has 190 valence electrons. The maximum atomic E-state index is 12.9. The highest BCUT2D eigenvalue weighted by Crippen LogP contribution is 2.24. The molecule has 5 N–H and O–H groups in total. The van der Waals surface area contributed by atoms with Crippen LogP contribution in [0, 0.1) is 5.41 Å². The monoisotopic (exact) mass is 510 g/mol. The van der Waals surface area contributed by atoms with Gasteiger partial charge in [-0.1, -0.05) is 67.2 Å². The minimum Gasteiger partial charge on any atom is -0.369 e. The van der Waals surface area contributed by atoms with Crippen LogP contribution in [0.3, 0.4) is 0 Å². The van der Waals surface area contributed by atoms with Gasteiger partial charge in [0.25, 0.3) is 0 Å². The number of carbonyl (C=O) groups excluding carboxylic acids is 4. The summed E-state index contributed by atoms with van der Waals surface area (Å²) in [5, 5.41) is 12.3. The molecule has 0 aliphatic heterocycles. The van der Waals surface area contributed by atoms with Gasteiger partial charge in [0.15, 0.2) is 10.9 Å². The molecule has 11 heteroatoms. The van der Waals surface area contributed by atoms with Gasteiger partial charge in [-0.05, 0) is 11.6 Å². The molecule has 2 aromatic rings. The summed E-state index contributed by atoms with van der Waals surface area (Å²) in [6, 6.07) is 14.7. The molecule has 36 heavy (non-hydrogen) atoms. The Morgan fingerprint density at radius 1 is 1.06 bits per heavy atom. The van der Waals surface area contributed by atoms with Crippen molar-refractivity contribution in [3.05, 3.63) is 71.3 Å². The molecule has 10 nitrogen and oxygen atoms in total. The van der Waals surface area contributed by atoms with Crippen LogP contribution in [-0.4, -0.2) is 65.4 Å². The van der Waals surface area contributed by atoms with E-state index >= 15 is 0 Å². The summed E-state index contributed by atoms with van der Waals surface area (Å²) in [5.41, 5.74) is 7.36. The first-order valence-electron chi connectivity index (χ1n) is 11.0. The van der Waals surface area contributed by atoms with E-state index in [1.54, 1.807) is 69.6 Å². The van der Waals surface area contributed by atoms with Gasteiger partial charge in [0.1, 0.15) is 6.04 Å². The van der Waals surface area contributed by atoms with E-state index in [0.29, 0.717) is 16.7 Å². The number of nitrogens with two attached hydrogens (primary N) is 1. The van der Waals surface area contributed by atoms with Crippen LogP contribution >= 0.6 is 11.8 Å². The molecule has 2 amide bonds. The lowest BCUT2D eigenvalue weighted by Crippen LogP contribution is -2.51. The highest BCUT2D eigenvalue weighted by atomic mass is 32.2. The molecule has 0 heterocycles. The Hall–Kier alpha value is -3.99. The lowest BCUT2D eigenvalue weighted by atomic mass is 9.96. The Morgan fingerprint density at radius 2 is 1.69 bits per heavy atom. The van der Waals surface area contributed by atoms with Gasteiger partial charge in [-0.3, -0.25) is 29.9 Å². The highest BCUT2D eigenvalue weighted by molar-refractivity contribution is 8.13. The normalized spacial score (nSPS) is 12.7. The molecule has 0 fully saturated rings. The molecule has 0 aliphatic carbocycles. The summed E-state index contributed by atoms with van der Waals surface area (Å²) in [4.78, 5) is 55.0. The molecule has 0 saturated heterocycles. The fourth-order valence-electron chi connectivity index (χ4n) is 3.02. The van der Waals surface area contributed by atoms with Crippen molar-refractivity contribution in [2.45, 2.75) is 25.8 Å². The van der Waals surface area contributed by atoms with Gasteiger partial charge >= 0.3 is 0 Å². The number of ketones is 1. The Morgan fingerprint density at radius 3 is 2.31 bits per heavy atom. The Labute approximate surface area is 214 Å². The highest BCUT2D eigenvalue weighted by Gasteiger charge is 2.24. The first-order valence-corrected chi connectivity index (χ1v) is 12.0. The fourth-order valence-corrected chi connectivity index (χ4v) is 3.97. The van der Waals surface area contributed by atoms with Gasteiger partial charge in [-0.15, -0.1) is 0 Å². The van der Waals surface area contributed by atoms with Crippen molar-refractivity contribution in [3.63, 3.8) is 0 Å². The summed E-state index contributed by atoms with van der Waals surface area (Å²) in [5.74, 6) is -2.36. The van der Waals surface area contributed by atoms with Crippen molar-refractivity contribution in [1.82, 2.24) is 15.5 Å². The summed E-state index contributed by atoms with van der Waals surface area (Å²) in [7, 11) is 3.19. The zero-order chi connectivity index (χ0) is 26.8. The van der Waals surface area contributed by atoms with E-state index in [1.807, 2.05) is 6.07 Å². The first-order chi connectivity index (χ1) is 17.0. The maximum Gasteiger partial charge on any atom is 0.250 e. The molecule has 2 rings (SSSR count). The van der Waals surface area contributed by atoms with Crippen molar-refractivity contribution >= 4 is 46.4 Å². The molecule has 2 aromatic carbocycles. The van der Waals surface area contributed by atoms with Crippen LogP contribution in [0.25, 0.3) is 0 Å². The van der Waals surface area contributed by atoms with Gasteiger partial charge in [0.05, 0.1) is 5.92 Å². The number of guanidine groups is 2. The van der Waals surface area contributed by atoms with Crippen molar-refractivity contribution in [2.24, 2.45) is 10.7 Å². The lowest BCUT2D eigenvalue weighted by Gasteiger charge is -2.18. The van der Waals surface area contributed by atoms with Crippen LogP contribution in [0.1, 0.15) is 41.3 Å². The third kappa shape index (κ3) is 8.35. The Bertz CT molecular complexity index is 1170. The van der Waals surface area contributed by atoms with Gasteiger partial charge in [0, 0.05) is 37.9 Å². The number of nitrogens with one attached hydrogen (secondary N) is 3. The van der Waals surface area contributed by atoms with Gasteiger partial charge < -0.3 is 16.0 Å². The van der Waals surface area contributed by atoms with Crippen molar-refractivity contribution in [3.8, 4) is 0 Å². The number of amides is 2. The van der Waals surface area contributed by atoms with Gasteiger partial charge in [-0.25, -0.2) is 0 Å². The van der Waals surface area contributed by atoms with E-state index in [1.165, 1.54) is 11.8 Å². The minimum absolute atomic E-state index is 0.0460. The molecular weight excluding hydrogens is 480 g/mol. The molecule has 1 unspecified atom stereocenters. The van der Waals surface area contributed by atoms with E-state index in [9.17, 15) is 19.2 Å². The van der Waals surface area contributed by atoms with E-state index in [2.05, 4.69) is 15.6 Å². The minimum atomic E-state index is -1.06. The summed E-state index contributed by atoms with van der Waals surface area (Å²) in [6.45, 7) is 2.97. The number of thioether (sulfide) groups is 1. The number of carbonyl (C=O) groups is 4. The predicted molar refractivity (Wildman–Crippen MR) is 141 cm³/mol. The summed E-state index contributed by atoms with van der Waals surface area (Å²) < 4.78 is 0. The molecule has 0 spiro atoms. The molecule has 0 bridgehead atoms. The van der Waals surface area contributed by atoms with Crippen LogP contribution in [0.5, 0.6) is 0 Å². The fraction of sp³-hybridized carbons (Fsp3) is 0.280. The van der Waals surface area contributed by atoms with E-state index in [-0.39, 0.29) is 28.6 Å². The lowest BCUT2D eigenvalue weighted by molar-refractivity contribution is -0.126. The Kier molecular flexibility index (Phi) is 10.4. The molecule has 0 aromatic heterocycles. The average Bonchev–Trinajstić information content (AvgIpc) is 2.85. The largest absolute Gasteiger partial charge is 0.369 e. The summed E-state index contributed by atoms with van der Waals surface area (Å²) >= 11 is 0.884. The van der Waals surface area contributed by atoms with Crippen LogP contribution < -0.4 is 16.4 Å². The van der Waals surface area contributed by atoms with E-state index in [0.717, 1.165) is 11.8 Å². The number of rotatable bonds is 8. The number of hydrogen-bond acceptors (Lipinski definition) is 6. The second kappa shape index (κ2) is 13.2. The first kappa shape index (κ1) is 28.2. The van der Waals surface area contributed by atoms with E-state index in [4.69, 9.17) is 11.1 Å². The average molecular weight is 511 g/mol. The summed E-state index contributed by atoms with van der Waals surface area (Å²) in [6.07, 6.45) is 0. The third-order valence-electron chi connectivity index (χ3n) is 5.03. The Balaban J connectivity index is 2.07. The number of aliphatic imine (C=N–C) groups is 1. The molecular formula is C25H30N6O4S. The van der Waals surface area contributed by atoms with Crippen molar-refractivity contribution in [2.75, 3.05) is 19.8 Å². The molecule has 0 radical (unpaired) electrons. The molecule has 0 saturated carbocycles.